The van der Waals surface area contributed by atoms with Gasteiger partial charge in [0.1, 0.15) is 22.8 Å². The summed E-state index contributed by atoms with van der Waals surface area (Å²) in [7, 11) is 0. The zero-order valence-corrected chi connectivity index (χ0v) is 28.9. The van der Waals surface area contributed by atoms with Crippen LogP contribution in [0.3, 0.4) is 0 Å². The summed E-state index contributed by atoms with van der Waals surface area (Å²) >= 11 is 0. The van der Waals surface area contributed by atoms with E-state index in [1.165, 1.54) is 32.6 Å². The molecular weight excluding hydrogens is 608 g/mol. The molecule has 0 spiro atoms. The smallest absolute Gasteiger partial charge is 0.203 e. The molecule has 48 heavy (non-hydrogen) atoms. The second-order valence-electron chi connectivity index (χ2n) is 15.8. The van der Waals surface area contributed by atoms with Crippen LogP contribution in [0.5, 0.6) is 5.75 Å². The van der Waals surface area contributed by atoms with Crippen LogP contribution in [0, 0.1) is 34.5 Å². The summed E-state index contributed by atoms with van der Waals surface area (Å²) in [5.41, 5.74) is -4.64. The quantitative estimate of drug-likeness (QED) is 0.222. The van der Waals surface area contributed by atoms with Gasteiger partial charge in [-0.15, -0.1) is 0 Å². The third-order valence-corrected chi connectivity index (χ3v) is 12.7. The van der Waals surface area contributed by atoms with Gasteiger partial charge in [0.05, 0.1) is 17.2 Å². The highest BCUT2D eigenvalue weighted by Crippen LogP contribution is 2.67. The van der Waals surface area contributed by atoms with Crippen LogP contribution >= 0.6 is 0 Å². The lowest BCUT2D eigenvalue weighted by Crippen LogP contribution is -2.75. The van der Waals surface area contributed by atoms with Crippen molar-refractivity contribution in [2.24, 2.45) is 34.5 Å². The van der Waals surface area contributed by atoms with Gasteiger partial charge in [-0.25, -0.2) is 0 Å². The summed E-state index contributed by atoms with van der Waals surface area (Å²) in [6, 6.07) is 11.5. The number of benzene rings is 2. The molecule has 256 valence electrons. The van der Waals surface area contributed by atoms with E-state index in [9.17, 15) is 39.9 Å². The second-order valence-corrected chi connectivity index (χ2v) is 15.8. The highest BCUT2D eigenvalue weighted by atomic mass is 16.4. The lowest BCUT2D eigenvalue weighted by molar-refractivity contribution is -0.215. The first kappa shape index (κ1) is 34.1. The summed E-state index contributed by atoms with van der Waals surface area (Å²) < 4.78 is 0. The Labute approximate surface area is 282 Å². The SMILES string of the molecule is CC(=O)C1=C(O)[C@]2(O)C(=O)C3=C(O)c4c(ccc(-c5cccc(CC6CCC(C)CC6)c5)c4O)[C@@H](C)[C@]3(C)[C@@H](O)[C@]2(C)C(C(C)C)C1=O. The standard InChI is InChI=1S/C40H48O8/c1-19(2)30-33(43)28(22(5)41)35(45)40(48)36(46)31-34(44)29-26(21(4)38(31,6)37(47)39(30,40)7)15-16-27(32(29)42)25-10-8-9-24(18-25)17-23-13-11-20(3)12-14-23/h8-10,15-16,18-21,23,30,37,42,44-45,47-48H,11-14,17H2,1-7H3/t20?,21-,23?,30?,37-,38+,39+,40+/m1/s1. The molecule has 2 fully saturated rings. The maximum absolute atomic E-state index is 14.7. The molecule has 2 aromatic rings. The van der Waals surface area contributed by atoms with E-state index in [0.717, 1.165) is 30.4 Å². The van der Waals surface area contributed by atoms with Gasteiger partial charge in [-0.3, -0.25) is 14.4 Å². The highest BCUT2D eigenvalue weighted by Gasteiger charge is 2.77. The maximum atomic E-state index is 14.7. The zero-order chi connectivity index (χ0) is 35.2. The molecule has 0 amide bonds. The predicted molar refractivity (Wildman–Crippen MR) is 182 cm³/mol. The van der Waals surface area contributed by atoms with Gasteiger partial charge >= 0.3 is 0 Å². The molecule has 2 saturated carbocycles. The fraction of sp³-hybridized carbons (Fsp3) is 0.525. The van der Waals surface area contributed by atoms with E-state index in [2.05, 4.69) is 13.0 Å². The van der Waals surface area contributed by atoms with Gasteiger partial charge in [0.2, 0.25) is 5.78 Å². The number of Topliss-reactive ketones (excluding diaryl/α,β-unsaturated/α-hetero) is 3. The monoisotopic (exact) mass is 656 g/mol. The first-order chi connectivity index (χ1) is 22.4. The van der Waals surface area contributed by atoms with Crippen LogP contribution in [0.2, 0.25) is 0 Å². The van der Waals surface area contributed by atoms with E-state index in [4.69, 9.17) is 0 Å². The fourth-order valence-electron chi connectivity index (χ4n) is 9.89. The van der Waals surface area contributed by atoms with Gasteiger partial charge in [-0.2, -0.15) is 0 Å². The zero-order valence-electron chi connectivity index (χ0n) is 28.9. The van der Waals surface area contributed by atoms with Crippen LogP contribution < -0.4 is 0 Å². The highest BCUT2D eigenvalue weighted by molar-refractivity contribution is 6.24. The van der Waals surface area contributed by atoms with Gasteiger partial charge in [0.25, 0.3) is 0 Å². The molecule has 0 bridgehead atoms. The summed E-state index contributed by atoms with van der Waals surface area (Å²) in [5.74, 6) is -5.77. The number of hydrogen-bond donors (Lipinski definition) is 5. The van der Waals surface area contributed by atoms with Gasteiger partial charge in [0.15, 0.2) is 17.2 Å². The largest absolute Gasteiger partial charge is 0.508 e. The predicted octanol–water partition coefficient (Wildman–Crippen LogP) is 6.76. The molecule has 8 heteroatoms. The lowest BCUT2D eigenvalue weighted by Gasteiger charge is -2.63. The summed E-state index contributed by atoms with van der Waals surface area (Å²) in [4.78, 5) is 41.2. The number of aromatic hydroxyl groups is 1. The van der Waals surface area contributed by atoms with Crippen molar-refractivity contribution < 1.29 is 39.9 Å². The third-order valence-electron chi connectivity index (χ3n) is 12.7. The Morgan fingerprint density at radius 2 is 1.62 bits per heavy atom. The Hall–Kier alpha value is -3.75. The van der Waals surface area contributed by atoms with Crippen molar-refractivity contribution in [2.75, 3.05) is 0 Å². The van der Waals surface area contributed by atoms with E-state index in [1.54, 1.807) is 39.8 Å². The average Bonchev–Trinajstić information content (AvgIpc) is 3.02. The number of phenols is 1. The summed E-state index contributed by atoms with van der Waals surface area (Å²) in [5, 5.41) is 60.0. The van der Waals surface area contributed by atoms with E-state index in [-0.39, 0.29) is 16.9 Å². The van der Waals surface area contributed by atoms with Gasteiger partial charge in [-0.05, 0) is 66.5 Å². The molecule has 0 aliphatic heterocycles. The Balaban J connectivity index is 1.52. The number of aliphatic hydroxyl groups excluding tert-OH is 3. The average molecular weight is 657 g/mol. The first-order valence-corrected chi connectivity index (χ1v) is 17.3. The molecule has 0 aromatic heterocycles. The number of rotatable bonds is 5. The molecule has 5 N–H and O–H groups in total. The Bertz CT molecular complexity index is 1790. The second kappa shape index (κ2) is 11.4. The van der Waals surface area contributed by atoms with Gasteiger partial charge in [-0.1, -0.05) is 90.8 Å². The fourth-order valence-corrected chi connectivity index (χ4v) is 9.89. The molecule has 0 saturated heterocycles. The molecule has 4 aliphatic carbocycles. The van der Waals surface area contributed by atoms with E-state index in [0.29, 0.717) is 17.0 Å². The van der Waals surface area contributed by atoms with Crippen LogP contribution in [-0.4, -0.2) is 54.6 Å². The number of allylic oxidation sites excluding steroid dienone is 1. The number of phenolic OH excluding ortho intramolecular Hbond substituents is 1. The molecule has 0 heterocycles. The Kier molecular flexibility index (Phi) is 8.11. The van der Waals surface area contributed by atoms with E-state index in [1.807, 2.05) is 18.2 Å². The van der Waals surface area contributed by atoms with Gasteiger partial charge in [0, 0.05) is 22.3 Å². The maximum Gasteiger partial charge on any atom is 0.203 e. The minimum Gasteiger partial charge on any atom is -0.508 e. The van der Waals surface area contributed by atoms with Crippen molar-refractivity contribution in [3.05, 3.63) is 70.0 Å². The van der Waals surface area contributed by atoms with Crippen molar-refractivity contribution in [1.82, 2.24) is 0 Å². The number of aliphatic hydroxyl groups is 4. The third kappa shape index (κ3) is 4.37. The van der Waals surface area contributed by atoms with Crippen molar-refractivity contribution in [3.8, 4) is 16.9 Å². The Morgan fingerprint density at radius 1 is 0.979 bits per heavy atom. The molecule has 4 aliphatic rings. The minimum atomic E-state index is -2.91. The molecule has 1 unspecified atom stereocenters. The van der Waals surface area contributed by atoms with E-state index >= 15 is 0 Å². The van der Waals surface area contributed by atoms with Crippen molar-refractivity contribution in [1.29, 1.82) is 0 Å². The first-order valence-electron chi connectivity index (χ1n) is 17.3. The van der Waals surface area contributed by atoms with Crippen molar-refractivity contribution >= 4 is 23.1 Å². The van der Waals surface area contributed by atoms with Crippen molar-refractivity contribution in [2.45, 2.75) is 98.2 Å². The van der Waals surface area contributed by atoms with Gasteiger partial charge < -0.3 is 25.5 Å². The number of hydrogen-bond acceptors (Lipinski definition) is 8. The van der Waals surface area contributed by atoms with E-state index < -0.39 is 74.7 Å². The van der Waals surface area contributed by atoms with Crippen LogP contribution in [0.15, 0.2) is 53.3 Å². The van der Waals surface area contributed by atoms with Crippen LogP contribution in [-0.2, 0) is 20.8 Å². The minimum absolute atomic E-state index is 0.00876. The number of carbonyl (C=O) groups excluding carboxylic acids is 3. The molecule has 6 atom stereocenters. The number of carbonyl (C=O) groups is 3. The summed E-state index contributed by atoms with van der Waals surface area (Å²) in [6.45, 7) is 11.5. The topological polar surface area (TPSA) is 152 Å². The molecule has 6 rings (SSSR count). The lowest BCUT2D eigenvalue weighted by atomic mass is 9.40. The van der Waals surface area contributed by atoms with Crippen molar-refractivity contribution in [3.63, 3.8) is 0 Å². The molecule has 2 aromatic carbocycles. The number of ketones is 3. The number of fused-ring (bicyclic) bond motifs is 3. The molecular formula is C40H48O8. The Morgan fingerprint density at radius 3 is 2.23 bits per heavy atom. The van der Waals surface area contributed by atoms with Crippen LogP contribution in [0.25, 0.3) is 16.9 Å². The molecule has 0 radical (unpaired) electrons. The normalized spacial score (nSPS) is 35.0. The summed E-state index contributed by atoms with van der Waals surface area (Å²) in [6.07, 6.45) is 4.09. The molecule has 8 nitrogen and oxygen atoms in total. The van der Waals surface area contributed by atoms with Crippen LogP contribution in [0.4, 0.5) is 0 Å². The van der Waals surface area contributed by atoms with Crippen LogP contribution in [0.1, 0.15) is 96.8 Å².